The summed E-state index contributed by atoms with van der Waals surface area (Å²) in [6.07, 6.45) is 5.34. The van der Waals surface area contributed by atoms with E-state index in [1.807, 2.05) is 64.4 Å². The molecule has 4 aliphatic rings. The van der Waals surface area contributed by atoms with Gasteiger partial charge in [0.25, 0.3) is 0 Å². The molecule has 22 heteroatoms. The van der Waals surface area contributed by atoms with Crippen LogP contribution >= 0.6 is 11.3 Å². The Hall–Kier alpha value is -5.79. The molecule has 4 fully saturated rings. The number of fused-ring (bicyclic) bond motifs is 4. The van der Waals surface area contributed by atoms with Gasteiger partial charge in [0, 0.05) is 13.0 Å². The number of piperazine rings is 1. The van der Waals surface area contributed by atoms with Gasteiger partial charge < -0.3 is 15.3 Å². The summed E-state index contributed by atoms with van der Waals surface area (Å²) in [6.45, 7) is 12.8. The fraction of sp³-hybridized carbons (Fsp3) is 0.491. The van der Waals surface area contributed by atoms with Gasteiger partial charge >= 0.3 is 298 Å². The van der Waals surface area contributed by atoms with Gasteiger partial charge in [0.1, 0.15) is 6.04 Å². The molecule has 18 nitrogen and oxygen atoms in total. The number of aliphatic hydroxyl groups excluding tert-OH is 1. The Morgan fingerprint density at radius 3 is 2.52 bits per heavy atom. The number of likely N-dealkylation sites (tertiary alicyclic amines) is 2. The molecule has 10 rings (SSSR count). The fourth-order valence-corrected chi connectivity index (χ4v) is 14.1. The number of hydrogen-bond acceptors (Lipinski definition) is 15. The number of amides is 3. The van der Waals surface area contributed by atoms with Crippen molar-refractivity contribution in [3.05, 3.63) is 93.5 Å². The summed E-state index contributed by atoms with van der Waals surface area (Å²) in [7, 11) is 0. The molecule has 0 aliphatic carbocycles. The number of halogens is 3. The zero-order valence-electron chi connectivity index (χ0n) is 43.8. The summed E-state index contributed by atoms with van der Waals surface area (Å²) in [4.78, 5) is 82.0. The van der Waals surface area contributed by atoms with Crippen LogP contribution in [0.1, 0.15) is 89.9 Å². The van der Waals surface area contributed by atoms with Crippen molar-refractivity contribution in [3.8, 4) is 27.8 Å². The first kappa shape index (κ1) is 54.6. The third kappa shape index (κ3) is 12.1. The minimum absolute atomic E-state index is 0.0227. The molecule has 6 aromatic rings. The van der Waals surface area contributed by atoms with Crippen molar-refractivity contribution in [2.45, 2.75) is 120 Å². The first-order valence-electron chi connectivity index (χ1n) is 26.4. The molecule has 0 spiro atoms. The van der Waals surface area contributed by atoms with Crippen molar-refractivity contribution in [2.75, 3.05) is 50.8 Å². The number of carbonyl (C=O) groups is 3. The Labute approximate surface area is 459 Å². The quantitative estimate of drug-likeness (QED) is 0.0362. The second kappa shape index (κ2) is 23.3. The molecule has 3 amide bonds. The average molecular weight is 1190 g/mol. The number of ether oxygens (including phenoxy) is 1. The van der Waals surface area contributed by atoms with Crippen molar-refractivity contribution >= 4 is 56.6 Å². The second-order valence-electron chi connectivity index (χ2n) is 21.6. The standard InChI is InChI=1S/C55H65F2IN11O7S/c1-30(32-12-14-33(15-13-32)49-31(2)60-29-77-49)61-52(73)40-24-37(70)28-69(40)53(74)50(55(3,4)5)64-42(71)18-22-75-21-8-20-67-19-7-11-41(67)58-76-54-65-46-38(51(66-54)68-26-35-16-17-36(27-68)62-35)25-59-48(45(46)57)47-44-34(23-43(72)63-47)9-6-10-39(44)56/h6,9-10,12-15,23,25,29-30,35-37,40-41,50,62,70H,7-8,11,16-22,24,26-28H2,1-5H3,(H,61,73)(H,63,72)(H,64,71)/q-1/t30-,35?,36?,37+,40-,41-,50+/m0/s1. The van der Waals surface area contributed by atoms with Crippen molar-refractivity contribution < 1.29 is 57.7 Å². The van der Waals surface area contributed by atoms with Crippen LogP contribution in [0.3, 0.4) is 0 Å². The number of β-amino-alcohol motifs (C(OH)–C–C–N with tert-alkyl or cyclic N) is 1. The summed E-state index contributed by atoms with van der Waals surface area (Å²) >= 11 is 0.558. The molecule has 410 valence electrons. The number of benzene rings is 2. The third-order valence-electron chi connectivity index (χ3n) is 15.0. The van der Waals surface area contributed by atoms with E-state index in [4.69, 9.17) is 12.8 Å². The number of aryl methyl sites for hydroxylation is 1. The Kier molecular flexibility index (Phi) is 16.5. The van der Waals surface area contributed by atoms with Gasteiger partial charge in [-0.15, -0.1) is 11.3 Å². The molecule has 2 unspecified atom stereocenters. The number of pyridine rings is 2. The van der Waals surface area contributed by atoms with E-state index in [1.54, 1.807) is 17.4 Å². The molecule has 5 N–H and O–H groups in total. The molecule has 7 atom stereocenters. The Balaban J connectivity index is 0.725. The molecule has 2 aromatic carbocycles. The van der Waals surface area contributed by atoms with E-state index >= 15 is 8.78 Å². The van der Waals surface area contributed by atoms with E-state index in [-0.39, 0.29) is 88.3 Å². The van der Waals surface area contributed by atoms with Gasteiger partial charge in [-0.05, 0) is 25.0 Å². The van der Waals surface area contributed by atoms with E-state index in [1.165, 1.54) is 29.3 Å². The van der Waals surface area contributed by atoms with E-state index in [9.17, 15) is 24.3 Å². The predicted molar refractivity (Wildman–Crippen MR) is 285 cm³/mol. The minimum Gasteiger partial charge on any atom is -0.0577 e. The van der Waals surface area contributed by atoms with Crippen molar-refractivity contribution in [2.24, 2.45) is 5.41 Å². The van der Waals surface area contributed by atoms with Crippen LogP contribution in [-0.4, -0.2) is 138 Å². The molecule has 77 heavy (non-hydrogen) atoms. The van der Waals surface area contributed by atoms with Crippen LogP contribution in [0, 0.1) is 24.0 Å². The summed E-state index contributed by atoms with van der Waals surface area (Å²) in [5, 5.41) is 21.1. The minimum atomic E-state index is -1.01. The van der Waals surface area contributed by atoms with Crippen LogP contribution in [0.25, 0.3) is 43.5 Å². The molecule has 0 saturated carbocycles. The number of rotatable bonds is 18. The van der Waals surface area contributed by atoms with Crippen LogP contribution in [0.15, 0.2) is 65.0 Å². The van der Waals surface area contributed by atoms with Crippen LogP contribution in [0.5, 0.6) is 6.01 Å². The zero-order chi connectivity index (χ0) is 54.1. The third-order valence-corrected chi connectivity index (χ3v) is 18.6. The molecule has 0 radical (unpaired) electrons. The summed E-state index contributed by atoms with van der Waals surface area (Å²) in [5.74, 6) is -2.09. The average Bonchev–Trinajstić information content (AvgIpc) is 4.23. The summed E-state index contributed by atoms with van der Waals surface area (Å²) < 4.78 is 44.7. The topological polar surface area (TPSA) is 220 Å². The number of anilines is 1. The molecular formula is C55H65F2IN11O7S-. The van der Waals surface area contributed by atoms with Crippen LogP contribution in [0.4, 0.5) is 14.6 Å². The van der Waals surface area contributed by atoms with E-state index in [0.29, 0.717) is 42.7 Å². The van der Waals surface area contributed by atoms with E-state index < -0.39 is 68.3 Å². The van der Waals surface area contributed by atoms with Crippen molar-refractivity contribution in [3.63, 3.8) is 0 Å². The number of nitrogens with zero attached hydrogens (tertiary/aromatic N) is 7. The SMILES string of the molecule is Cc1ncsc1-c1ccc([C@H](C)NC(=O)[C@@H]2C[C@@H](O)CN2C(=O)[C@@H](NC(=O)CCOCCCN2CCC[C@H]2[I-]Oc2nc(N3CC4CCC(C3)N4)c3cnc(-c4[nH]c(=O)cc5cccc(F)c45)c(F)c3n2)C(C)(C)C)cc1. The number of thiazole rings is 1. The summed E-state index contributed by atoms with van der Waals surface area (Å²) in [6, 6.07) is 11.9. The fourth-order valence-electron chi connectivity index (χ4n) is 11.0. The predicted octanol–water partition coefficient (Wildman–Crippen LogP) is 3.16. The first-order valence-corrected chi connectivity index (χ1v) is 29.4. The molecule has 4 aliphatic heterocycles. The van der Waals surface area contributed by atoms with Crippen LogP contribution in [0.2, 0.25) is 0 Å². The van der Waals surface area contributed by atoms with Gasteiger partial charge in [0.05, 0.1) is 28.2 Å². The number of nitrogens with one attached hydrogen (secondary N) is 4. The number of aliphatic hydroxyl groups is 1. The Morgan fingerprint density at radius 1 is 1.00 bits per heavy atom. The number of alkyl halides is 1. The molecule has 8 heterocycles. The monoisotopic (exact) mass is 1190 g/mol. The maximum atomic E-state index is 16.9. The number of aromatic nitrogens is 5. The summed E-state index contributed by atoms with van der Waals surface area (Å²) in [5.41, 5.74) is 3.15. The number of hydrogen-bond donors (Lipinski definition) is 5. The van der Waals surface area contributed by atoms with E-state index in [0.717, 1.165) is 60.5 Å². The molecule has 4 aromatic heterocycles. The molecule has 4 saturated heterocycles. The maximum absolute atomic E-state index is 16.9. The first-order chi connectivity index (χ1) is 37.0. The zero-order valence-corrected chi connectivity index (χ0v) is 46.8. The van der Waals surface area contributed by atoms with Gasteiger partial charge in [-0.2, -0.15) is 0 Å². The smallest absolute Gasteiger partial charge is 0.0577 e. The van der Waals surface area contributed by atoms with Crippen molar-refractivity contribution in [1.82, 2.24) is 50.7 Å². The van der Waals surface area contributed by atoms with Gasteiger partial charge in [0.15, 0.2) is 0 Å². The van der Waals surface area contributed by atoms with Gasteiger partial charge in [-0.1, -0.05) is 45.0 Å². The number of aromatic amines is 1. The van der Waals surface area contributed by atoms with E-state index in [2.05, 4.69) is 45.7 Å². The van der Waals surface area contributed by atoms with Crippen LogP contribution < -0.4 is 51.1 Å². The Bertz CT molecular complexity index is 3200. The van der Waals surface area contributed by atoms with Crippen LogP contribution in [-0.2, 0) is 19.1 Å². The molecular weight excluding hydrogens is 1120 g/mol. The number of carbonyl (C=O) groups excluding carboxylic acids is 3. The number of H-pyrrole nitrogens is 1. The van der Waals surface area contributed by atoms with Crippen molar-refractivity contribution in [1.29, 1.82) is 0 Å². The Morgan fingerprint density at radius 2 is 1.78 bits per heavy atom. The second-order valence-corrected chi connectivity index (χ2v) is 24.9. The van der Waals surface area contributed by atoms with Gasteiger partial charge in [-0.25, -0.2) is 4.98 Å². The molecule has 2 bridgehead atoms. The van der Waals surface area contributed by atoms with Gasteiger partial charge in [0.2, 0.25) is 5.91 Å². The normalized spacial score (nSPS) is 21.5. The van der Waals surface area contributed by atoms with Gasteiger partial charge in [-0.3, -0.25) is 9.59 Å².